The zero-order valence-corrected chi connectivity index (χ0v) is 40.0. The molecule has 2 aromatic carbocycles. The number of amidine groups is 1. The van der Waals surface area contributed by atoms with Crippen molar-refractivity contribution < 1.29 is 32.7 Å². The van der Waals surface area contributed by atoms with Crippen LogP contribution in [-0.4, -0.2) is 121 Å². The second-order valence-corrected chi connectivity index (χ2v) is 20.4. The molecule has 6 heterocycles. The van der Waals surface area contributed by atoms with Crippen molar-refractivity contribution in [2.24, 2.45) is 16.4 Å². The summed E-state index contributed by atoms with van der Waals surface area (Å²) in [6.45, 7) is 11.9. The number of hydrogen-bond donors (Lipinski definition) is 3. The van der Waals surface area contributed by atoms with Crippen molar-refractivity contribution in [2.75, 3.05) is 39.3 Å². The number of amides is 3. The van der Waals surface area contributed by atoms with Gasteiger partial charge in [0, 0.05) is 63.3 Å². The van der Waals surface area contributed by atoms with Crippen molar-refractivity contribution in [2.45, 2.75) is 122 Å². The molecular formula is C50H61F3N10O4S. The monoisotopic (exact) mass is 954 g/mol. The van der Waals surface area contributed by atoms with Crippen LogP contribution in [0, 0.1) is 30.1 Å². The first kappa shape index (κ1) is 48.8. The molecule has 0 radical (unpaired) electrons. The maximum atomic E-state index is 14.1. The number of nitrogens with one attached hydrogen (secondary N) is 2. The van der Waals surface area contributed by atoms with Gasteiger partial charge in [0.2, 0.25) is 17.7 Å². The second-order valence-electron chi connectivity index (χ2n) is 19.6. The van der Waals surface area contributed by atoms with Crippen LogP contribution in [0.25, 0.3) is 10.4 Å². The highest BCUT2D eigenvalue weighted by molar-refractivity contribution is 7.13. The predicted octanol–water partition coefficient (Wildman–Crippen LogP) is 6.37. The topological polar surface area (TPSA) is 161 Å². The Bertz CT molecular complexity index is 2510. The van der Waals surface area contributed by atoms with Crippen LogP contribution in [0.2, 0.25) is 0 Å². The van der Waals surface area contributed by atoms with Gasteiger partial charge in [0.25, 0.3) is 5.82 Å². The van der Waals surface area contributed by atoms with Crippen molar-refractivity contribution in [3.8, 4) is 22.3 Å². The average Bonchev–Trinajstić information content (AvgIpc) is 4.07. The first-order valence-electron chi connectivity index (χ1n) is 23.7. The summed E-state index contributed by atoms with van der Waals surface area (Å²) < 4.78 is 41.1. The molecule has 8 rings (SSSR count). The highest BCUT2D eigenvalue weighted by atomic mass is 32.1. The van der Waals surface area contributed by atoms with Crippen molar-refractivity contribution >= 4 is 34.9 Å². The molecule has 4 aliphatic rings. The lowest BCUT2D eigenvalue weighted by atomic mass is 9.85. The van der Waals surface area contributed by atoms with Gasteiger partial charge in [0.1, 0.15) is 17.9 Å². The summed E-state index contributed by atoms with van der Waals surface area (Å²) >= 11 is 1.58. The number of carbonyl (C=O) groups excluding carboxylic acids is 3. The Morgan fingerprint density at radius 3 is 2.32 bits per heavy atom. The summed E-state index contributed by atoms with van der Waals surface area (Å²) in [4.78, 5) is 52.2. The molecule has 3 N–H and O–H groups in total. The van der Waals surface area contributed by atoms with Gasteiger partial charge >= 0.3 is 6.18 Å². The maximum Gasteiger partial charge on any atom is 0.453 e. The predicted molar refractivity (Wildman–Crippen MR) is 253 cm³/mol. The molecule has 0 bridgehead atoms. The molecule has 0 aliphatic carbocycles. The summed E-state index contributed by atoms with van der Waals surface area (Å²) in [5.41, 5.74) is 6.32. The molecule has 68 heavy (non-hydrogen) atoms. The number of likely N-dealkylation sites (tertiary alicyclic amines) is 3. The summed E-state index contributed by atoms with van der Waals surface area (Å²) in [5, 5.41) is 27.9. The number of nitrogens with zero attached hydrogens (tertiary/aromatic N) is 8. The lowest BCUT2D eigenvalue weighted by molar-refractivity contribution is -0.147. The molecule has 4 aliphatic heterocycles. The van der Waals surface area contributed by atoms with Crippen LogP contribution in [0.5, 0.6) is 0 Å². The number of β-amino-alcohol motifs (C(OH)–C–C–N with tert-alkyl or cyclic N) is 1. The lowest BCUT2D eigenvalue weighted by Crippen LogP contribution is -2.57. The van der Waals surface area contributed by atoms with E-state index in [4.69, 9.17) is 0 Å². The minimum absolute atomic E-state index is 0.0194. The van der Waals surface area contributed by atoms with Gasteiger partial charge in [-0.3, -0.25) is 14.4 Å². The number of hydrogen-bond acceptors (Lipinski definition) is 11. The number of alkyl halides is 3. The molecule has 0 unspecified atom stereocenters. The van der Waals surface area contributed by atoms with E-state index in [-0.39, 0.29) is 55.4 Å². The number of thiazole rings is 1. The lowest BCUT2D eigenvalue weighted by Gasteiger charge is -2.35. The van der Waals surface area contributed by atoms with E-state index in [0.717, 1.165) is 90.3 Å². The van der Waals surface area contributed by atoms with Gasteiger partial charge < -0.3 is 30.4 Å². The van der Waals surface area contributed by atoms with Crippen LogP contribution in [0.15, 0.2) is 59.1 Å². The van der Waals surface area contributed by atoms with Gasteiger partial charge in [-0.1, -0.05) is 69.0 Å². The number of aliphatic hydroxyl groups excluding tert-OH is 1. The van der Waals surface area contributed by atoms with E-state index in [9.17, 15) is 32.7 Å². The SMILES string of the molecule is Cc1ncsc1-c1ccc(CNC(=O)[C@@H]2C[C@H](O)CN2C(=O)[C@@H](NC(=O)CCCN2CCC(C#Cc3ccc(C4CCN(C5=Nn6c(nnc6C(F)(F)F)CC5)CC4)cc3)CC2)C(C)(C)C)cc1. The highest BCUT2D eigenvalue weighted by Gasteiger charge is 2.45. The van der Waals surface area contributed by atoms with Crippen LogP contribution < -0.4 is 10.6 Å². The summed E-state index contributed by atoms with van der Waals surface area (Å²) in [6.07, 6.45) is 0.122. The third-order valence-corrected chi connectivity index (χ3v) is 14.6. The highest BCUT2D eigenvalue weighted by Crippen LogP contribution is 2.33. The first-order valence-corrected chi connectivity index (χ1v) is 24.6. The molecule has 4 aromatic rings. The number of fused-ring (bicyclic) bond motifs is 1. The molecule has 0 spiro atoms. The first-order chi connectivity index (χ1) is 32.5. The maximum absolute atomic E-state index is 14.1. The fraction of sp³-hybridized carbons (Fsp3) is 0.540. The molecule has 362 valence electrons. The molecule has 3 saturated heterocycles. The third kappa shape index (κ3) is 11.8. The molecule has 14 nitrogen and oxygen atoms in total. The standard InChI is InChI=1S/C50H61F3N10O4S/c1-32-44(68-31-55-32)38-15-11-35(12-16-38)29-54-46(66)40-28-39(64)30-62(40)47(67)45(49(2,3)4)56-43(65)6-5-23-60-24-19-34(20-25-60)8-7-33-9-13-36(14-10-33)37-21-26-61(27-22-37)42-18-17-41-57-58-48(50(51,52)53)63(41)59-42/h9-16,31,34,37,39-40,45,64H,5-6,17-30H2,1-4H3,(H,54,66)(H,56,65)/t39-,40-,45+/m0/s1. The molecule has 2 aromatic heterocycles. The van der Waals surface area contributed by atoms with E-state index in [1.54, 1.807) is 11.3 Å². The second kappa shape index (κ2) is 20.9. The van der Waals surface area contributed by atoms with Gasteiger partial charge in [0.15, 0.2) is 5.82 Å². The fourth-order valence-electron chi connectivity index (χ4n) is 9.63. The quantitative estimate of drug-likeness (QED) is 0.145. The largest absolute Gasteiger partial charge is 0.453 e. The molecule has 3 fully saturated rings. The Morgan fingerprint density at radius 2 is 1.66 bits per heavy atom. The smallest absolute Gasteiger partial charge is 0.391 e. The van der Waals surface area contributed by atoms with Gasteiger partial charge in [-0.15, -0.1) is 21.5 Å². The number of halogens is 3. The van der Waals surface area contributed by atoms with Gasteiger partial charge in [0.05, 0.1) is 22.2 Å². The molecule has 18 heteroatoms. The Balaban J connectivity index is 0.747. The van der Waals surface area contributed by atoms with E-state index in [1.165, 1.54) is 10.5 Å². The van der Waals surface area contributed by atoms with E-state index in [2.05, 4.69) is 76.8 Å². The van der Waals surface area contributed by atoms with Crippen molar-refractivity contribution in [3.05, 3.63) is 88.1 Å². The van der Waals surface area contributed by atoms with Crippen molar-refractivity contribution in [3.63, 3.8) is 0 Å². The number of aryl methyl sites for hydroxylation is 2. The Kier molecular flexibility index (Phi) is 15.0. The third-order valence-electron chi connectivity index (χ3n) is 13.6. The number of benzene rings is 2. The Hall–Kier alpha value is -5.64. The minimum Gasteiger partial charge on any atom is -0.391 e. The van der Waals surface area contributed by atoms with Crippen molar-refractivity contribution in [1.29, 1.82) is 0 Å². The van der Waals surface area contributed by atoms with E-state index in [1.807, 2.05) is 57.5 Å². The zero-order valence-electron chi connectivity index (χ0n) is 39.2. The van der Waals surface area contributed by atoms with Crippen molar-refractivity contribution in [1.82, 2.24) is 45.2 Å². The number of rotatable bonds is 11. The molecular weight excluding hydrogens is 894 g/mol. The molecule has 3 amide bonds. The van der Waals surface area contributed by atoms with Gasteiger partial charge in [-0.2, -0.15) is 22.9 Å². The minimum atomic E-state index is -4.61. The van der Waals surface area contributed by atoms with E-state index in [0.29, 0.717) is 31.0 Å². The summed E-state index contributed by atoms with van der Waals surface area (Å²) in [6, 6.07) is 14.6. The summed E-state index contributed by atoms with van der Waals surface area (Å²) in [5.74, 6) is 6.35. The van der Waals surface area contributed by atoms with Gasteiger partial charge in [-0.05, 0) is 98.8 Å². The Morgan fingerprint density at radius 1 is 0.941 bits per heavy atom. The van der Waals surface area contributed by atoms with Crippen LogP contribution in [0.4, 0.5) is 13.2 Å². The van der Waals surface area contributed by atoms with Crippen LogP contribution in [-0.2, 0) is 33.5 Å². The van der Waals surface area contributed by atoms with Gasteiger partial charge in [-0.25, -0.2) is 4.98 Å². The number of aliphatic hydroxyl groups is 1. The van der Waals surface area contributed by atoms with E-state index >= 15 is 0 Å². The van der Waals surface area contributed by atoms with Crippen LogP contribution in [0.1, 0.15) is 112 Å². The number of aromatic nitrogens is 4. The van der Waals surface area contributed by atoms with Crippen LogP contribution in [0.3, 0.4) is 0 Å². The summed E-state index contributed by atoms with van der Waals surface area (Å²) in [7, 11) is 0. The fourth-order valence-corrected chi connectivity index (χ4v) is 10.4. The van der Waals surface area contributed by atoms with Crippen LogP contribution >= 0.6 is 11.3 Å². The molecule has 0 saturated carbocycles. The zero-order chi connectivity index (χ0) is 48.2. The number of piperidine rings is 2. The normalized spacial score (nSPS) is 20.0. The van der Waals surface area contributed by atoms with E-state index < -0.39 is 35.6 Å². The molecule has 3 atom stereocenters. The average molecular weight is 955 g/mol. The number of carbonyl (C=O) groups is 3. The Labute approximate surface area is 399 Å².